The van der Waals surface area contributed by atoms with E-state index in [2.05, 4.69) is 20.9 Å². The van der Waals surface area contributed by atoms with Gasteiger partial charge in [0.15, 0.2) is 0 Å². The summed E-state index contributed by atoms with van der Waals surface area (Å²) in [4.78, 5) is 30.5. The van der Waals surface area contributed by atoms with Crippen molar-refractivity contribution >= 4 is 27.8 Å². The lowest BCUT2D eigenvalue weighted by Crippen LogP contribution is -2.43. The monoisotopic (exact) mass is 354 g/mol. The zero-order valence-corrected chi connectivity index (χ0v) is 14.0. The quantitative estimate of drug-likeness (QED) is 0.605. The number of nitrogens with zero attached hydrogens (tertiary/aromatic N) is 2. The lowest BCUT2D eigenvalue weighted by atomic mass is 10.1. The predicted octanol–water partition coefficient (Wildman–Crippen LogP) is 2.79. The van der Waals surface area contributed by atoms with E-state index in [1.54, 1.807) is 23.2 Å². The molecule has 1 amide bonds. The maximum atomic E-state index is 12.6. The Hall–Kier alpha value is -1.43. The average Bonchev–Trinajstić information content (AvgIpc) is 2.85. The van der Waals surface area contributed by atoms with E-state index in [1.165, 1.54) is 0 Å². The average molecular weight is 355 g/mol. The number of carbonyl (C=O) groups is 2. The first-order valence-corrected chi connectivity index (χ1v) is 7.73. The maximum absolute atomic E-state index is 12.6. The van der Waals surface area contributed by atoms with Crippen LogP contribution in [0.1, 0.15) is 44.0 Å². The highest BCUT2D eigenvalue weighted by molar-refractivity contribution is 9.10. The summed E-state index contributed by atoms with van der Waals surface area (Å²) in [6.07, 6.45) is 3.04. The van der Waals surface area contributed by atoms with E-state index in [9.17, 15) is 9.59 Å². The Balaban J connectivity index is 2.17. The highest BCUT2D eigenvalue weighted by Gasteiger charge is 2.37. The summed E-state index contributed by atoms with van der Waals surface area (Å²) in [5, 5.41) is 0. The lowest BCUT2D eigenvalue weighted by molar-refractivity contribution is -0.159. The molecule has 114 valence electrons. The van der Waals surface area contributed by atoms with Gasteiger partial charge in [0.05, 0.1) is 5.56 Å². The molecule has 0 radical (unpaired) electrons. The number of rotatable bonds is 2. The molecule has 0 aliphatic carbocycles. The molecule has 0 N–H and O–H groups in total. The summed E-state index contributed by atoms with van der Waals surface area (Å²) >= 11 is 3.27. The van der Waals surface area contributed by atoms with E-state index in [0.717, 1.165) is 6.42 Å². The molecule has 0 aromatic carbocycles. The molecule has 0 spiro atoms. The third kappa shape index (κ3) is 3.81. The van der Waals surface area contributed by atoms with Gasteiger partial charge in [-0.1, -0.05) is 0 Å². The number of esters is 1. The molecule has 6 heteroatoms. The second kappa shape index (κ2) is 6.13. The summed E-state index contributed by atoms with van der Waals surface area (Å²) in [7, 11) is 0. The van der Waals surface area contributed by atoms with Gasteiger partial charge in [0.2, 0.25) is 0 Å². The second-order valence-electron chi connectivity index (χ2n) is 6.03. The van der Waals surface area contributed by atoms with Crippen molar-refractivity contribution < 1.29 is 14.3 Å². The number of hydrogen-bond acceptors (Lipinski definition) is 4. The Morgan fingerprint density at radius 3 is 2.76 bits per heavy atom. The van der Waals surface area contributed by atoms with Gasteiger partial charge >= 0.3 is 5.97 Å². The molecule has 5 nitrogen and oxygen atoms in total. The maximum Gasteiger partial charge on any atom is 0.329 e. The van der Waals surface area contributed by atoms with Crippen LogP contribution in [-0.4, -0.2) is 39.9 Å². The molecule has 1 fully saturated rings. The van der Waals surface area contributed by atoms with Crippen molar-refractivity contribution in [3.63, 3.8) is 0 Å². The van der Waals surface area contributed by atoms with Crippen LogP contribution in [0.3, 0.4) is 0 Å². The van der Waals surface area contributed by atoms with Crippen molar-refractivity contribution in [2.24, 2.45) is 0 Å². The van der Waals surface area contributed by atoms with E-state index in [1.807, 2.05) is 20.8 Å². The van der Waals surface area contributed by atoms with Gasteiger partial charge in [-0.3, -0.25) is 4.79 Å². The second-order valence-corrected chi connectivity index (χ2v) is 6.78. The van der Waals surface area contributed by atoms with Gasteiger partial charge < -0.3 is 9.64 Å². The van der Waals surface area contributed by atoms with Gasteiger partial charge in [0.25, 0.3) is 5.91 Å². The van der Waals surface area contributed by atoms with Gasteiger partial charge in [-0.25, -0.2) is 9.78 Å². The molecule has 1 aromatic heterocycles. The normalized spacial score (nSPS) is 18.7. The molecule has 0 unspecified atom stereocenters. The van der Waals surface area contributed by atoms with Crippen LogP contribution in [0.2, 0.25) is 0 Å². The fourth-order valence-corrected chi connectivity index (χ4v) is 2.74. The Morgan fingerprint density at radius 2 is 2.14 bits per heavy atom. The SMILES string of the molecule is CC(C)(C)OC(=O)[C@H]1CCCN1C(=O)c1cccnc1Br. The summed E-state index contributed by atoms with van der Waals surface area (Å²) < 4.78 is 5.90. The molecule has 1 aliphatic heterocycles. The topological polar surface area (TPSA) is 59.5 Å². The molecular weight excluding hydrogens is 336 g/mol. The highest BCUT2D eigenvalue weighted by Crippen LogP contribution is 2.25. The molecule has 0 bridgehead atoms. The van der Waals surface area contributed by atoms with Crippen molar-refractivity contribution in [1.82, 2.24) is 9.88 Å². The van der Waals surface area contributed by atoms with Crippen molar-refractivity contribution in [1.29, 1.82) is 0 Å². The van der Waals surface area contributed by atoms with Crippen LogP contribution < -0.4 is 0 Å². The largest absolute Gasteiger partial charge is 0.458 e. The van der Waals surface area contributed by atoms with Gasteiger partial charge in [0, 0.05) is 12.7 Å². The van der Waals surface area contributed by atoms with Crippen molar-refractivity contribution in [2.45, 2.75) is 45.3 Å². The summed E-state index contributed by atoms with van der Waals surface area (Å²) in [5.41, 5.74) is -0.0866. The summed E-state index contributed by atoms with van der Waals surface area (Å²) in [6.45, 7) is 6.03. The number of hydrogen-bond donors (Lipinski definition) is 0. The van der Waals surface area contributed by atoms with Crippen molar-refractivity contribution in [3.8, 4) is 0 Å². The molecule has 1 aromatic rings. The molecular formula is C15H19BrN2O3. The van der Waals surface area contributed by atoms with Gasteiger partial charge in [-0.05, 0) is 61.7 Å². The Morgan fingerprint density at radius 1 is 1.43 bits per heavy atom. The minimum absolute atomic E-state index is 0.191. The number of aromatic nitrogens is 1. The van der Waals surface area contributed by atoms with Crippen LogP contribution in [0.4, 0.5) is 0 Å². The van der Waals surface area contributed by atoms with Crippen LogP contribution >= 0.6 is 15.9 Å². The highest BCUT2D eigenvalue weighted by atomic mass is 79.9. The lowest BCUT2D eigenvalue weighted by Gasteiger charge is -2.27. The Labute approximate surface area is 132 Å². The molecule has 0 saturated carbocycles. The first-order valence-electron chi connectivity index (χ1n) is 6.94. The van der Waals surface area contributed by atoms with Crippen LogP contribution in [0.5, 0.6) is 0 Å². The van der Waals surface area contributed by atoms with Crippen LogP contribution in [0.15, 0.2) is 22.9 Å². The van der Waals surface area contributed by atoms with Crippen molar-refractivity contribution in [2.75, 3.05) is 6.54 Å². The standard InChI is InChI=1S/C15H19BrN2O3/c1-15(2,3)21-14(20)11-7-5-9-18(11)13(19)10-6-4-8-17-12(10)16/h4,6,8,11H,5,7,9H2,1-3H3/t11-/m1/s1. The fraction of sp³-hybridized carbons (Fsp3) is 0.533. The summed E-state index contributed by atoms with van der Waals surface area (Å²) in [6, 6.07) is 2.89. The minimum Gasteiger partial charge on any atom is -0.458 e. The first kappa shape index (κ1) is 15.9. The number of likely N-dealkylation sites (tertiary alicyclic amines) is 1. The number of ether oxygens (including phenoxy) is 1. The zero-order chi connectivity index (χ0) is 15.6. The smallest absolute Gasteiger partial charge is 0.329 e. The molecule has 2 rings (SSSR count). The van der Waals surface area contributed by atoms with E-state index in [-0.39, 0.29) is 11.9 Å². The molecule has 21 heavy (non-hydrogen) atoms. The summed E-state index contributed by atoms with van der Waals surface area (Å²) in [5.74, 6) is -0.531. The van der Waals surface area contributed by atoms with Gasteiger partial charge in [-0.15, -0.1) is 0 Å². The van der Waals surface area contributed by atoms with E-state index in [0.29, 0.717) is 23.1 Å². The molecule has 1 saturated heterocycles. The Kier molecular flexibility index (Phi) is 4.66. The van der Waals surface area contributed by atoms with E-state index < -0.39 is 11.6 Å². The third-order valence-electron chi connectivity index (χ3n) is 3.18. The first-order chi connectivity index (χ1) is 9.79. The number of carbonyl (C=O) groups excluding carboxylic acids is 2. The van der Waals surface area contributed by atoms with Crippen LogP contribution in [0.25, 0.3) is 0 Å². The minimum atomic E-state index is -0.552. The molecule has 1 aliphatic rings. The molecule has 1 atom stereocenters. The van der Waals surface area contributed by atoms with Gasteiger partial charge in [0.1, 0.15) is 16.2 Å². The fourth-order valence-electron chi connectivity index (χ4n) is 2.32. The predicted molar refractivity (Wildman–Crippen MR) is 81.8 cm³/mol. The zero-order valence-electron chi connectivity index (χ0n) is 12.4. The van der Waals surface area contributed by atoms with E-state index in [4.69, 9.17) is 4.74 Å². The van der Waals surface area contributed by atoms with Crippen LogP contribution in [0, 0.1) is 0 Å². The van der Waals surface area contributed by atoms with Crippen LogP contribution in [-0.2, 0) is 9.53 Å². The number of pyridine rings is 1. The molecule has 2 heterocycles. The number of halogens is 1. The van der Waals surface area contributed by atoms with Gasteiger partial charge in [-0.2, -0.15) is 0 Å². The third-order valence-corrected chi connectivity index (χ3v) is 3.81. The number of amides is 1. The Bertz CT molecular complexity index is 554. The van der Waals surface area contributed by atoms with Crippen molar-refractivity contribution in [3.05, 3.63) is 28.5 Å². The van der Waals surface area contributed by atoms with E-state index >= 15 is 0 Å².